The van der Waals surface area contributed by atoms with Crippen LogP contribution in [0.1, 0.15) is 10.4 Å². The van der Waals surface area contributed by atoms with Crippen LogP contribution in [0.3, 0.4) is 0 Å². The monoisotopic (exact) mass is 299 g/mol. The molecule has 1 aromatic heterocycles. The Labute approximate surface area is 125 Å². The second-order valence-corrected chi connectivity index (χ2v) is 4.90. The van der Waals surface area contributed by atoms with Gasteiger partial charge in [-0.3, -0.25) is 4.79 Å². The minimum atomic E-state index is -0.402. The van der Waals surface area contributed by atoms with Gasteiger partial charge in [0.1, 0.15) is 5.58 Å². The van der Waals surface area contributed by atoms with E-state index in [-0.39, 0.29) is 5.91 Å². The summed E-state index contributed by atoms with van der Waals surface area (Å²) in [7, 11) is 0. The molecule has 1 amide bonds. The number of carbonyl (C=O) groups is 1. The third kappa shape index (κ3) is 2.95. The molecule has 0 aliphatic carbocycles. The van der Waals surface area contributed by atoms with Crippen LogP contribution < -0.4 is 10.9 Å². The molecule has 1 N–H and O–H groups in total. The average molecular weight is 300 g/mol. The molecule has 0 unspecified atom stereocenters. The van der Waals surface area contributed by atoms with Crippen molar-refractivity contribution in [2.45, 2.75) is 0 Å². The highest BCUT2D eigenvalue weighted by atomic mass is 35.5. The van der Waals surface area contributed by atoms with E-state index in [1.54, 1.807) is 48.5 Å². The molecule has 0 saturated carbocycles. The van der Waals surface area contributed by atoms with E-state index < -0.39 is 5.63 Å². The highest BCUT2D eigenvalue weighted by molar-refractivity contribution is 6.30. The molecule has 3 aromatic rings. The molecule has 1 heterocycles. The van der Waals surface area contributed by atoms with Gasteiger partial charge in [-0.25, -0.2) is 4.79 Å². The van der Waals surface area contributed by atoms with Gasteiger partial charge in [0, 0.05) is 27.7 Å². The third-order valence-electron chi connectivity index (χ3n) is 2.98. The molecule has 0 atom stereocenters. The third-order valence-corrected chi connectivity index (χ3v) is 3.24. The number of nitrogens with one attached hydrogen (secondary N) is 1. The number of anilines is 1. The average Bonchev–Trinajstić information content (AvgIpc) is 2.48. The second kappa shape index (κ2) is 5.42. The van der Waals surface area contributed by atoms with E-state index in [0.717, 1.165) is 5.39 Å². The standard InChI is InChI=1S/C16H10ClNO3/c17-12-4-1-10(2-5-12)16(20)18-13-6-7-14-11(9-13)3-8-15(19)21-14/h1-9H,(H,18,20). The maximum absolute atomic E-state index is 12.1. The lowest BCUT2D eigenvalue weighted by Gasteiger charge is -2.06. The summed E-state index contributed by atoms with van der Waals surface area (Å²) in [6.45, 7) is 0. The van der Waals surface area contributed by atoms with Gasteiger partial charge in [0.25, 0.3) is 5.91 Å². The summed E-state index contributed by atoms with van der Waals surface area (Å²) in [6, 6.07) is 14.7. The van der Waals surface area contributed by atoms with Crippen LogP contribution in [0.15, 0.2) is 63.8 Å². The maximum atomic E-state index is 12.1. The van der Waals surface area contributed by atoms with Crippen molar-refractivity contribution in [2.24, 2.45) is 0 Å². The van der Waals surface area contributed by atoms with Crippen molar-refractivity contribution < 1.29 is 9.21 Å². The number of hydrogen-bond donors (Lipinski definition) is 1. The number of amides is 1. The second-order valence-electron chi connectivity index (χ2n) is 4.47. The lowest BCUT2D eigenvalue weighted by molar-refractivity contribution is 0.102. The van der Waals surface area contributed by atoms with Crippen LogP contribution in [0.4, 0.5) is 5.69 Å². The lowest BCUT2D eigenvalue weighted by Crippen LogP contribution is -2.11. The van der Waals surface area contributed by atoms with Crippen molar-refractivity contribution in [1.82, 2.24) is 0 Å². The van der Waals surface area contributed by atoms with Crippen LogP contribution in [-0.2, 0) is 0 Å². The van der Waals surface area contributed by atoms with Crippen LogP contribution in [0, 0.1) is 0 Å². The van der Waals surface area contributed by atoms with Crippen LogP contribution in [-0.4, -0.2) is 5.91 Å². The molecule has 0 spiro atoms. The molecule has 104 valence electrons. The number of carbonyl (C=O) groups excluding carboxylic acids is 1. The fourth-order valence-corrected chi connectivity index (χ4v) is 2.08. The van der Waals surface area contributed by atoms with Crippen LogP contribution in [0.5, 0.6) is 0 Å². The molecule has 21 heavy (non-hydrogen) atoms. The lowest BCUT2D eigenvalue weighted by atomic mass is 10.2. The summed E-state index contributed by atoms with van der Waals surface area (Å²) in [5.41, 5.74) is 1.21. The van der Waals surface area contributed by atoms with E-state index in [1.165, 1.54) is 6.07 Å². The Morgan fingerprint density at radius 3 is 2.52 bits per heavy atom. The molecule has 0 radical (unpaired) electrons. The largest absolute Gasteiger partial charge is 0.423 e. The van der Waals surface area contributed by atoms with Crippen molar-refractivity contribution in [3.8, 4) is 0 Å². The summed E-state index contributed by atoms with van der Waals surface area (Å²) in [4.78, 5) is 23.2. The van der Waals surface area contributed by atoms with Gasteiger partial charge in [-0.15, -0.1) is 0 Å². The van der Waals surface area contributed by atoms with E-state index in [1.807, 2.05) is 0 Å². The molecule has 0 aliphatic heterocycles. The molecular weight excluding hydrogens is 290 g/mol. The number of halogens is 1. The summed E-state index contributed by atoms with van der Waals surface area (Å²) < 4.78 is 5.04. The first kappa shape index (κ1) is 13.4. The molecule has 3 rings (SSSR count). The predicted octanol–water partition coefficient (Wildman–Crippen LogP) is 3.70. The van der Waals surface area contributed by atoms with Crippen molar-refractivity contribution in [2.75, 3.05) is 5.32 Å². The first-order valence-electron chi connectivity index (χ1n) is 6.23. The van der Waals surface area contributed by atoms with Crippen molar-refractivity contribution in [1.29, 1.82) is 0 Å². The van der Waals surface area contributed by atoms with Gasteiger partial charge in [0.15, 0.2) is 0 Å². The zero-order valence-electron chi connectivity index (χ0n) is 10.8. The van der Waals surface area contributed by atoms with Gasteiger partial charge in [0.2, 0.25) is 0 Å². The Morgan fingerprint density at radius 1 is 1.00 bits per heavy atom. The van der Waals surface area contributed by atoms with Gasteiger partial charge in [-0.1, -0.05) is 11.6 Å². The highest BCUT2D eigenvalue weighted by Gasteiger charge is 2.07. The molecule has 2 aromatic carbocycles. The van der Waals surface area contributed by atoms with E-state index in [2.05, 4.69) is 5.32 Å². The first-order chi connectivity index (χ1) is 10.1. The molecule has 0 fully saturated rings. The van der Waals surface area contributed by atoms with E-state index >= 15 is 0 Å². The number of benzene rings is 2. The topological polar surface area (TPSA) is 59.3 Å². The summed E-state index contributed by atoms with van der Waals surface area (Å²) in [5, 5.41) is 4.10. The summed E-state index contributed by atoms with van der Waals surface area (Å²) >= 11 is 5.79. The molecule has 5 heteroatoms. The Bertz CT molecular complexity index is 869. The Morgan fingerprint density at radius 2 is 1.76 bits per heavy atom. The zero-order valence-corrected chi connectivity index (χ0v) is 11.6. The minimum absolute atomic E-state index is 0.233. The minimum Gasteiger partial charge on any atom is -0.423 e. The van der Waals surface area contributed by atoms with Crippen molar-refractivity contribution in [3.05, 3.63) is 75.6 Å². The van der Waals surface area contributed by atoms with Crippen molar-refractivity contribution in [3.63, 3.8) is 0 Å². The van der Waals surface area contributed by atoms with Crippen LogP contribution >= 0.6 is 11.6 Å². The number of fused-ring (bicyclic) bond motifs is 1. The first-order valence-corrected chi connectivity index (χ1v) is 6.60. The van der Waals surface area contributed by atoms with E-state index in [9.17, 15) is 9.59 Å². The van der Waals surface area contributed by atoms with E-state index in [0.29, 0.717) is 21.9 Å². The predicted molar refractivity (Wildman–Crippen MR) is 81.9 cm³/mol. The molecule has 0 bridgehead atoms. The molecule has 0 saturated heterocycles. The highest BCUT2D eigenvalue weighted by Crippen LogP contribution is 2.18. The number of hydrogen-bond acceptors (Lipinski definition) is 3. The number of rotatable bonds is 2. The van der Waals surface area contributed by atoms with Crippen LogP contribution in [0.25, 0.3) is 11.0 Å². The zero-order chi connectivity index (χ0) is 14.8. The fourth-order valence-electron chi connectivity index (χ4n) is 1.95. The molecule has 4 nitrogen and oxygen atoms in total. The SMILES string of the molecule is O=C(Nc1ccc2oc(=O)ccc2c1)c1ccc(Cl)cc1. The van der Waals surface area contributed by atoms with Crippen LogP contribution in [0.2, 0.25) is 5.02 Å². The smallest absolute Gasteiger partial charge is 0.336 e. The maximum Gasteiger partial charge on any atom is 0.336 e. The van der Waals surface area contributed by atoms with E-state index in [4.69, 9.17) is 16.0 Å². The summed E-state index contributed by atoms with van der Waals surface area (Å²) in [5.74, 6) is -0.233. The van der Waals surface area contributed by atoms with Gasteiger partial charge >= 0.3 is 5.63 Å². The van der Waals surface area contributed by atoms with Crippen molar-refractivity contribution >= 4 is 34.2 Å². The quantitative estimate of drug-likeness (QED) is 0.734. The normalized spacial score (nSPS) is 10.5. The Balaban J connectivity index is 1.87. The van der Waals surface area contributed by atoms with Gasteiger partial charge in [-0.05, 0) is 48.5 Å². The van der Waals surface area contributed by atoms with Gasteiger partial charge in [0.05, 0.1) is 0 Å². The van der Waals surface area contributed by atoms with Gasteiger partial charge in [-0.2, -0.15) is 0 Å². The summed E-state index contributed by atoms with van der Waals surface area (Å²) in [6.07, 6.45) is 0. The fraction of sp³-hybridized carbons (Fsp3) is 0. The Kier molecular flexibility index (Phi) is 3.46. The Hall–Kier alpha value is -2.59. The molecule has 0 aliphatic rings. The molecular formula is C16H10ClNO3. The van der Waals surface area contributed by atoms with Gasteiger partial charge < -0.3 is 9.73 Å².